The largest absolute Gasteiger partial charge is 0.457 e. The zero-order valence-corrected chi connectivity index (χ0v) is 11.1. The summed E-state index contributed by atoms with van der Waals surface area (Å²) >= 11 is 11.8. The van der Waals surface area contributed by atoms with E-state index in [0.29, 0.717) is 27.1 Å². The van der Waals surface area contributed by atoms with Crippen LogP contribution in [0.1, 0.15) is 15.9 Å². The predicted octanol–water partition coefficient (Wildman–Crippen LogP) is 4.91. The van der Waals surface area contributed by atoms with Crippen molar-refractivity contribution in [3.8, 4) is 11.5 Å². The SMILES string of the molecule is Cc1cc(Oc2cc(Cl)ccc2C=O)ccc1Cl. The van der Waals surface area contributed by atoms with Gasteiger partial charge in [0.1, 0.15) is 11.5 Å². The third-order valence-corrected chi connectivity index (χ3v) is 3.12. The van der Waals surface area contributed by atoms with Gasteiger partial charge in [-0.15, -0.1) is 0 Å². The normalized spacial score (nSPS) is 10.2. The molecule has 0 saturated heterocycles. The number of hydrogen-bond acceptors (Lipinski definition) is 2. The molecule has 0 aliphatic carbocycles. The molecule has 0 aliphatic rings. The number of benzene rings is 2. The molecule has 0 heterocycles. The number of rotatable bonds is 3. The minimum Gasteiger partial charge on any atom is -0.457 e. The van der Waals surface area contributed by atoms with Crippen LogP contribution >= 0.6 is 23.2 Å². The first-order chi connectivity index (χ1) is 8.60. The first-order valence-electron chi connectivity index (χ1n) is 5.29. The summed E-state index contributed by atoms with van der Waals surface area (Å²) in [6.07, 6.45) is 0.731. The van der Waals surface area contributed by atoms with E-state index < -0.39 is 0 Å². The highest BCUT2D eigenvalue weighted by molar-refractivity contribution is 6.31. The molecule has 2 aromatic carbocycles. The highest BCUT2D eigenvalue weighted by Gasteiger charge is 2.06. The summed E-state index contributed by atoms with van der Waals surface area (Å²) in [6, 6.07) is 10.2. The van der Waals surface area contributed by atoms with Gasteiger partial charge in [0, 0.05) is 16.1 Å². The molecule has 0 saturated carbocycles. The average Bonchev–Trinajstić information content (AvgIpc) is 2.34. The molecule has 0 fully saturated rings. The van der Waals surface area contributed by atoms with E-state index in [0.717, 1.165) is 11.8 Å². The van der Waals surface area contributed by atoms with Crippen molar-refractivity contribution in [1.29, 1.82) is 0 Å². The number of carbonyl (C=O) groups excluding carboxylic acids is 1. The summed E-state index contributed by atoms with van der Waals surface area (Å²) in [6.45, 7) is 1.88. The number of hydrogen-bond donors (Lipinski definition) is 0. The van der Waals surface area contributed by atoms with Crippen LogP contribution in [0, 0.1) is 6.92 Å². The lowest BCUT2D eigenvalue weighted by Gasteiger charge is -2.09. The second-order valence-electron chi connectivity index (χ2n) is 3.81. The molecule has 0 bridgehead atoms. The van der Waals surface area contributed by atoms with Crippen LogP contribution < -0.4 is 4.74 Å². The molecule has 2 rings (SSSR count). The van der Waals surface area contributed by atoms with Crippen molar-refractivity contribution in [1.82, 2.24) is 0 Å². The van der Waals surface area contributed by atoms with Crippen molar-refractivity contribution in [2.24, 2.45) is 0 Å². The van der Waals surface area contributed by atoms with Crippen molar-refractivity contribution in [2.45, 2.75) is 6.92 Å². The molecular formula is C14H10Cl2O2. The van der Waals surface area contributed by atoms with Gasteiger partial charge < -0.3 is 4.74 Å². The minimum absolute atomic E-state index is 0.430. The fourth-order valence-corrected chi connectivity index (χ4v) is 1.78. The average molecular weight is 281 g/mol. The lowest BCUT2D eigenvalue weighted by molar-refractivity contribution is 0.112. The smallest absolute Gasteiger partial charge is 0.153 e. The van der Waals surface area contributed by atoms with Crippen LogP contribution in [-0.2, 0) is 0 Å². The Morgan fingerprint density at radius 1 is 1.11 bits per heavy atom. The Bertz CT molecular complexity index is 594. The Balaban J connectivity index is 2.35. The van der Waals surface area contributed by atoms with E-state index in [9.17, 15) is 4.79 Å². The van der Waals surface area contributed by atoms with Gasteiger partial charge in [-0.05, 0) is 42.8 Å². The number of aldehydes is 1. The summed E-state index contributed by atoms with van der Waals surface area (Å²) in [5, 5.41) is 1.19. The molecule has 0 atom stereocenters. The topological polar surface area (TPSA) is 26.3 Å². The van der Waals surface area contributed by atoms with E-state index in [4.69, 9.17) is 27.9 Å². The fraction of sp³-hybridized carbons (Fsp3) is 0.0714. The Morgan fingerprint density at radius 2 is 1.89 bits per heavy atom. The van der Waals surface area contributed by atoms with Crippen LogP contribution in [0.25, 0.3) is 0 Å². The second-order valence-corrected chi connectivity index (χ2v) is 4.66. The maximum absolute atomic E-state index is 10.9. The van der Waals surface area contributed by atoms with E-state index in [1.165, 1.54) is 0 Å². The van der Waals surface area contributed by atoms with Gasteiger partial charge >= 0.3 is 0 Å². The Kier molecular flexibility index (Phi) is 3.90. The third-order valence-electron chi connectivity index (χ3n) is 2.46. The summed E-state index contributed by atoms with van der Waals surface area (Å²) < 4.78 is 5.64. The van der Waals surface area contributed by atoms with Gasteiger partial charge in [0.25, 0.3) is 0 Å². The van der Waals surface area contributed by atoms with E-state index >= 15 is 0 Å². The van der Waals surface area contributed by atoms with Crippen LogP contribution in [0.5, 0.6) is 11.5 Å². The lowest BCUT2D eigenvalue weighted by atomic mass is 10.2. The zero-order valence-electron chi connectivity index (χ0n) is 9.61. The highest BCUT2D eigenvalue weighted by atomic mass is 35.5. The Hall–Kier alpha value is -1.51. The Labute approximate surface area is 115 Å². The molecule has 0 amide bonds. The van der Waals surface area contributed by atoms with Crippen LogP contribution in [0.4, 0.5) is 0 Å². The molecule has 0 aliphatic heterocycles. The first kappa shape index (κ1) is 12.9. The molecular weight excluding hydrogens is 271 g/mol. The molecule has 0 N–H and O–H groups in total. The fourth-order valence-electron chi connectivity index (χ4n) is 1.50. The van der Waals surface area contributed by atoms with Crippen LogP contribution in [0.2, 0.25) is 10.0 Å². The molecule has 2 nitrogen and oxygen atoms in total. The highest BCUT2D eigenvalue weighted by Crippen LogP contribution is 2.29. The van der Waals surface area contributed by atoms with Crippen LogP contribution in [0.15, 0.2) is 36.4 Å². The monoisotopic (exact) mass is 280 g/mol. The number of ether oxygens (including phenoxy) is 1. The quantitative estimate of drug-likeness (QED) is 0.747. The summed E-state index contributed by atoms with van der Waals surface area (Å²) in [4.78, 5) is 10.9. The Morgan fingerprint density at radius 3 is 2.56 bits per heavy atom. The van der Waals surface area contributed by atoms with E-state index in [1.807, 2.05) is 6.92 Å². The maximum Gasteiger partial charge on any atom is 0.153 e. The van der Waals surface area contributed by atoms with Gasteiger partial charge in [-0.25, -0.2) is 0 Å². The van der Waals surface area contributed by atoms with Crippen molar-refractivity contribution in [2.75, 3.05) is 0 Å². The molecule has 4 heteroatoms. The van der Waals surface area contributed by atoms with Gasteiger partial charge in [0.05, 0.1) is 5.56 Å². The lowest BCUT2D eigenvalue weighted by Crippen LogP contribution is -1.91. The summed E-state index contributed by atoms with van der Waals surface area (Å²) in [5.74, 6) is 1.04. The molecule has 0 spiro atoms. The maximum atomic E-state index is 10.9. The molecule has 2 aromatic rings. The third kappa shape index (κ3) is 2.84. The molecule has 0 radical (unpaired) electrons. The van der Waals surface area contributed by atoms with Crippen molar-refractivity contribution in [3.05, 3.63) is 57.6 Å². The van der Waals surface area contributed by atoms with E-state index in [1.54, 1.807) is 36.4 Å². The van der Waals surface area contributed by atoms with Gasteiger partial charge in [-0.3, -0.25) is 4.79 Å². The molecule has 18 heavy (non-hydrogen) atoms. The van der Waals surface area contributed by atoms with Gasteiger partial charge in [0.2, 0.25) is 0 Å². The number of halogens is 2. The zero-order chi connectivity index (χ0) is 13.1. The van der Waals surface area contributed by atoms with E-state index in [-0.39, 0.29) is 0 Å². The summed E-state index contributed by atoms with van der Waals surface area (Å²) in [7, 11) is 0. The van der Waals surface area contributed by atoms with Gasteiger partial charge in [-0.1, -0.05) is 23.2 Å². The van der Waals surface area contributed by atoms with Gasteiger partial charge in [0.15, 0.2) is 6.29 Å². The van der Waals surface area contributed by atoms with Crippen molar-refractivity contribution >= 4 is 29.5 Å². The van der Waals surface area contributed by atoms with Gasteiger partial charge in [-0.2, -0.15) is 0 Å². The predicted molar refractivity (Wildman–Crippen MR) is 73.1 cm³/mol. The standard InChI is InChI=1S/C14H10Cl2O2/c1-9-6-12(4-5-13(9)16)18-14-7-11(15)3-2-10(14)8-17/h2-8H,1H3. The minimum atomic E-state index is 0.430. The number of carbonyl (C=O) groups is 1. The molecule has 0 aromatic heterocycles. The summed E-state index contributed by atoms with van der Waals surface area (Å²) in [5.41, 5.74) is 1.36. The van der Waals surface area contributed by atoms with Crippen molar-refractivity contribution < 1.29 is 9.53 Å². The van der Waals surface area contributed by atoms with E-state index in [2.05, 4.69) is 0 Å². The molecule has 0 unspecified atom stereocenters. The number of aryl methyl sites for hydroxylation is 1. The molecule has 92 valence electrons. The van der Waals surface area contributed by atoms with Crippen molar-refractivity contribution in [3.63, 3.8) is 0 Å². The first-order valence-corrected chi connectivity index (χ1v) is 6.04. The van der Waals surface area contributed by atoms with Crippen LogP contribution in [-0.4, -0.2) is 6.29 Å². The second kappa shape index (κ2) is 5.42. The van der Waals surface area contributed by atoms with Crippen LogP contribution in [0.3, 0.4) is 0 Å².